The Hall–Kier alpha value is -1.82. The van der Waals surface area contributed by atoms with Crippen molar-refractivity contribution in [3.63, 3.8) is 0 Å². The van der Waals surface area contributed by atoms with E-state index in [9.17, 15) is 18.3 Å². The van der Waals surface area contributed by atoms with E-state index in [0.29, 0.717) is 19.3 Å². The Morgan fingerprint density at radius 3 is 2.48 bits per heavy atom. The lowest BCUT2D eigenvalue weighted by Gasteiger charge is -2.23. The van der Waals surface area contributed by atoms with Gasteiger partial charge in [-0.1, -0.05) is 18.2 Å². The molecule has 1 aliphatic rings. The topological polar surface area (TPSA) is 108 Å². The van der Waals surface area contributed by atoms with Crippen molar-refractivity contribution in [3.05, 3.63) is 35.9 Å². The molecule has 1 saturated carbocycles. The maximum absolute atomic E-state index is 12.5. The number of hydrogen-bond acceptors (Lipinski definition) is 4. The number of Topliss-reactive ketones (excluding diaryl/α,β-unsaturated/α-hetero) is 1. The molecule has 0 aromatic heterocycles. The minimum atomic E-state index is -4.21. The molecule has 0 unspecified atom stereocenters. The van der Waals surface area contributed by atoms with Crippen LogP contribution < -0.4 is 0 Å². The monoisotopic (exact) mass is 308 g/mol. The van der Waals surface area contributed by atoms with Gasteiger partial charge in [0.15, 0.2) is 0 Å². The molecule has 1 N–H and O–H groups in total. The molecule has 2 atom stereocenters. The molecular formula is C14H16N2O4S. The van der Waals surface area contributed by atoms with Crippen LogP contribution in [0, 0.1) is 5.41 Å². The van der Waals surface area contributed by atoms with Crippen molar-refractivity contribution in [2.75, 3.05) is 0 Å². The van der Waals surface area contributed by atoms with Crippen LogP contribution in [0.2, 0.25) is 0 Å². The van der Waals surface area contributed by atoms with E-state index in [-0.39, 0.29) is 4.90 Å². The molecule has 112 valence electrons. The van der Waals surface area contributed by atoms with Gasteiger partial charge in [0.05, 0.1) is 16.4 Å². The number of ketones is 1. The third-order valence-electron chi connectivity index (χ3n) is 4.02. The molecule has 0 aliphatic heterocycles. The van der Waals surface area contributed by atoms with Crippen LogP contribution in [0.1, 0.15) is 26.2 Å². The van der Waals surface area contributed by atoms with Crippen molar-refractivity contribution in [1.29, 1.82) is 0 Å². The molecule has 0 radical (unpaired) electrons. The van der Waals surface area contributed by atoms with E-state index in [1.165, 1.54) is 31.2 Å². The quantitative estimate of drug-likeness (QED) is 0.392. The first-order chi connectivity index (χ1) is 9.84. The van der Waals surface area contributed by atoms with Crippen LogP contribution in [0.4, 0.5) is 0 Å². The normalized spacial score (nSPS) is 25.3. The van der Waals surface area contributed by atoms with Crippen LogP contribution in [0.3, 0.4) is 0 Å². The van der Waals surface area contributed by atoms with Crippen molar-refractivity contribution in [3.8, 4) is 0 Å². The van der Waals surface area contributed by atoms with Gasteiger partial charge in [-0.25, -0.2) is 8.42 Å². The second-order valence-electron chi connectivity index (χ2n) is 5.38. The molecule has 1 aromatic rings. The maximum atomic E-state index is 12.5. The number of carbonyl (C=O) groups is 1. The van der Waals surface area contributed by atoms with Crippen molar-refractivity contribution in [1.82, 2.24) is 0 Å². The second kappa shape index (κ2) is 5.52. The minimum Gasteiger partial charge on any atom is -0.392 e. The number of aliphatic hydroxyl groups excluding tert-OH is 1. The molecule has 0 bridgehead atoms. The van der Waals surface area contributed by atoms with E-state index in [1.807, 2.05) is 0 Å². The van der Waals surface area contributed by atoms with Crippen LogP contribution in [0.15, 0.2) is 35.2 Å². The van der Waals surface area contributed by atoms with Gasteiger partial charge in [0.1, 0.15) is 0 Å². The summed E-state index contributed by atoms with van der Waals surface area (Å²) in [6.07, 6.45) is 0.462. The molecule has 0 heterocycles. The second-order valence-corrected chi connectivity index (χ2v) is 7.24. The van der Waals surface area contributed by atoms with Crippen LogP contribution >= 0.6 is 0 Å². The van der Waals surface area contributed by atoms with Gasteiger partial charge < -0.3 is 10.6 Å². The van der Waals surface area contributed by atoms with Crippen LogP contribution in [-0.4, -0.2) is 35.2 Å². The van der Waals surface area contributed by atoms with Crippen LogP contribution in [0.25, 0.3) is 5.53 Å². The highest BCUT2D eigenvalue weighted by Gasteiger charge is 2.53. The fourth-order valence-electron chi connectivity index (χ4n) is 2.59. The Kier molecular flexibility index (Phi) is 4.09. The number of aliphatic hydroxyl groups is 1. The molecule has 1 fully saturated rings. The van der Waals surface area contributed by atoms with E-state index in [2.05, 4.69) is 4.79 Å². The summed E-state index contributed by atoms with van der Waals surface area (Å²) in [7, 11) is -4.21. The predicted octanol–water partition coefficient (Wildman–Crippen LogP) is 1.21. The van der Waals surface area contributed by atoms with Crippen LogP contribution in [0.5, 0.6) is 0 Å². The summed E-state index contributed by atoms with van der Waals surface area (Å²) < 4.78 is 24.8. The first-order valence-electron chi connectivity index (χ1n) is 6.59. The SMILES string of the molecule is C[C@@]1(C(=O)C(=[N+]=[N-])S(=O)(=O)c2ccccc2)CCC[C@@H]1O. The molecule has 7 heteroatoms. The molecule has 0 saturated heterocycles. The average molecular weight is 308 g/mol. The van der Waals surface area contributed by atoms with Gasteiger partial charge in [0, 0.05) is 0 Å². The molecule has 0 amide bonds. The zero-order chi connectivity index (χ0) is 15.7. The summed E-state index contributed by atoms with van der Waals surface area (Å²) in [6.45, 7) is 1.50. The minimum absolute atomic E-state index is 0.123. The van der Waals surface area contributed by atoms with Gasteiger partial charge in [-0.05, 0) is 38.3 Å². The van der Waals surface area contributed by atoms with E-state index in [1.54, 1.807) is 6.07 Å². The highest BCUT2D eigenvalue weighted by atomic mass is 32.2. The number of sulfone groups is 1. The zero-order valence-electron chi connectivity index (χ0n) is 11.6. The van der Waals surface area contributed by atoms with Gasteiger partial charge in [-0.2, -0.15) is 0 Å². The fraction of sp³-hybridized carbons (Fsp3) is 0.429. The molecule has 0 spiro atoms. The Bertz CT molecular complexity index is 708. The Morgan fingerprint density at radius 1 is 1.38 bits per heavy atom. The molecule has 1 aromatic carbocycles. The zero-order valence-corrected chi connectivity index (χ0v) is 12.4. The third-order valence-corrected chi connectivity index (χ3v) is 5.69. The van der Waals surface area contributed by atoms with Crippen molar-refractivity contribution < 1.29 is 23.1 Å². The molecular weight excluding hydrogens is 292 g/mol. The largest absolute Gasteiger partial charge is 0.452 e. The van der Waals surface area contributed by atoms with Gasteiger partial charge >= 0.3 is 5.04 Å². The predicted molar refractivity (Wildman–Crippen MR) is 75.2 cm³/mol. The Balaban J connectivity index is 2.47. The Morgan fingerprint density at radius 2 is 2.00 bits per heavy atom. The van der Waals surface area contributed by atoms with Crippen LogP contribution in [-0.2, 0) is 14.6 Å². The summed E-state index contributed by atoms with van der Waals surface area (Å²) in [6, 6.07) is 7.30. The Labute approximate surface area is 123 Å². The molecule has 6 nitrogen and oxygen atoms in total. The van der Waals surface area contributed by atoms with Crippen molar-refractivity contribution >= 4 is 20.7 Å². The molecule has 21 heavy (non-hydrogen) atoms. The third kappa shape index (κ3) is 2.55. The lowest BCUT2D eigenvalue weighted by Crippen LogP contribution is -2.43. The first-order valence-corrected chi connectivity index (χ1v) is 8.07. The van der Waals surface area contributed by atoms with E-state index in [4.69, 9.17) is 5.53 Å². The number of rotatable bonds is 3. The highest BCUT2D eigenvalue weighted by Crippen LogP contribution is 2.39. The average Bonchev–Trinajstić information content (AvgIpc) is 2.81. The maximum Gasteiger partial charge on any atom is 0.452 e. The van der Waals surface area contributed by atoms with E-state index < -0.39 is 32.2 Å². The fourth-order valence-corrected chi connectivity index (χ4v) is 3.91. The summed E-state index contributed by atoms with van der Waals surface area (Å²) in [5, 5.41) is 9.03. The van der Waals surface area contributed by atoms with Crippen molar-refractivity contribution in [2.45, 2.75) is 37.2 Å². The van der Waals surface area contributed by atoms with E-state index >= 15 is 0 Å². The lowest BCUT2D eigenvalue weighted by molar-refractivity contribution is -0.129. The standard InChI is InChI=1S/C14H16N2O4S/c1-14(9-5-8-11(14)17)12(18)13(16-15)21(19,20)10-6-3-2-4-7-10/h2-4,6-7,11,17H,5,8-9H2,1H3/t11-,14+/m0/s1. The number of hydrogen-bond donors (Lipinski definition) is 1. The number of nitrogens with zero attached hydrogens (tertiary/aromatic N) is 2. The number of carbonyl (C=O) groups excluding carboxylic acids is 1. The van der Waals surface area contributed by atoms with E-state index in [0.717, 1.165) is 0 Å². The summed E-state index contributed by atoms with van der Waals surface area (Å²) in [5.41, 5.74) is 7.83. The van der Waals surface area contributed by atoms with Gasteiger partial charge in [-0.3, -0.25) is 4.79 Å². The molecule has 1 aliphatic carbocycles. The first kappa shape index (κ1) is 15.6. The smallest absolute Gasteiger partial charge is 0.392 e. The molecule has 2 rings (SSSR count). The van der Waals surface area contributed by atoms with Crippen molar-refractivity contribution in [2.24, 2.45) is 5.41 Å². The van der Waals surface area contributed by atoms with Gasteiger partial charge in [0.2, 0.25) is 0 Å². The summed E-state index contributed by atoms with van der Waals surface area (Å²) in [5.74, 6) is -0.848. The summed E-state index contributed by atoms with van der Waals surface area (Å²) >= 11 is 0. The highest BCUT2D eigenvalue weighted by molar-refractivity contribution is 8.08. The summed E-state index contributed by atoms with van der Waals surface area (Å²) in [4.78, 5) is 15.1. The number of benzene rings is 1. The van der Waals surface area contributed by atoms with Gasteiger partial charge in [0.25, 0.3) is 15.6 Å². The van der Waals surface area contributed by atoms with Gasteiger partial charge in [-0.15, -0.1) is 4.79 Å². The lowest BCUT2D eigenvalue weighted by atomic mass is 9.82.